The minimum absolute atomic E-state index is 0.174. The summed E-state index contributed by atoms with van der Waals surface area (Å²) in [7, 11) is 0. The molecule has 1 unspecified atom stereocenters. The SMILES string of the molecule is O=[N+]([O-])c1cccc2c1c1c3n2C(O)C[C@H]2CCCN(CC1)[C@@H]32. The van der Waals surface area contributed by atoms with Crippen LogP contribution in [0.4, 0.5) is 5.69 Å². The number of rotatable bonds is 1. The third-order valence-electron chi connectivity index (χ3n) is 5.95. The van der Waals surface area contributed by atoms with Crippen LogP contribution in [0.15, 0.2) is 18.2 Å². The van der Waals surface area contributed by atoms with E-state index in [1.54, 1.807) is 12.1 Å². The summed E-state index contributed by atoms with van der Waals surface area (Å²) in [6.45, 7) is 2.07. The van der Waals surface area contributed by atoms with Crippen LogP contribution in [-0.2, 0) is 6.42 Å². The predicted octanol–water partition coefficient (Wildman–Crippen LogP) is 2.75. The van der Waals surface area contributed by atoms with Crippen molar-refractivity contribution in [1.82, 2.24) is 9.47 Å². The third kappa shape index (κ3) is 1.65. The zero-order chi connectivity index (χ0) is 15.7. The number of non-ortho nitro benzene ring substituents is 1. The number of hydrogen-bond donors (Lipinski definition) is 1. The van der Waals surface area contributed by atoms with E-state index in [2.05, 4.69) is 4.90 Å². The van der Waals surface area contributed by atoms with E-state index in [0.29, 0.717) is 12.0 Å². The van der Waals surface area contributed by atoms with Crippen molar-refractivity contribution in [3.8, 4) is 0 Å². The van der Waals surface area contributed by atoms with Gasteiger partial charge in [-0.25, -0.2) is 0 Å². The summed E-state index contributed by atoms with van der Waals surface area (Å²) in [5, 5.41) is 23.0. The number of aliphatic hydroxyl groups is 1. The first kappa shape index (κ1) is 13.5. The molecule has 0 saturated carbocycles. The Morgan fingerprint density at radius 3 is 3.00 bits per heavy atom. The molecule has 1 aromatic heterocycles. The highest BCUT2D eigenvalue weighted by Gasteiger charge is 2.45. The van der Waals surface area contributed by atoms with Gasteiger partial charge in [0.25, 0.3) is 5.69 Å². The van der Waals surface area contributed by atoms with Crippen molar-refractivity contribution < 1.29 is 10.0 Å². The topological polar surface area (TPSA) is 71.5 Å². The Kier molecular flexibility index (Phi) is 2.67. The molecule has 23 heavy (non-hydrogen) atoms. The van der Waals surface area contributed by atoms with Gasteiger partial charge in [0.1, 0.15) is 6.23 Å². The minimum atomic E-state index is -0.567. The second-order valence-corrected chi connectivity index (χ2v) is 7.01. The molecular formula is C17H19N3O3. The first-order valence-corrected chi connectivity index (χ1v) is 8.39. The lowest BCUT2D eigenvalue weighted by Gasteiger charge is -2.48. The predicted molar refractivity (Wildman–Crippen MR) is 85.2 cm³/mol. The van der Waals surface area contributed by atoms with Gasteiger partial charge in [0, 0.05) is 18.3 Å². The number of fused-ring (bicyclic) bond motifs is 3. The van der Waals surface area contributed by atoms with E-state index in [4.69, 9.17) is 0 Å². The van der Waals surface area contributed by atoms with Gasteiger partial charge >= 0.3 is 0 Å². The second kappa shape index (κ2) is 4.55. The normalized spacial score (nSPS) is 29.5. The standard InChI is InChI=1S/C17H19N3O3/c21-14-9-10-3-2-7-18-8-6-11-15-12(19(14)17(11)16(10)18)4-1-5-13(15)20(22)23/h1,4-5,10,14,16,21H,2-3,6-9H2/t10-,14?,16-/m1/s1. The number of benzene rings is 1. The van der Waals surface area contributed by atoms with Gasteiger partial charge in [0.15, 0.2) is 0 Å². The quantitative estimate of drug-likeness (QED) is 0.649. The van der Waals surface area contributed by atoms with E-state index >= 15 is 0 Å². The molecule has 120 valence electrons. The average molecular weight is 313 g/mol. The maximum Gasteiger partial charge on any atom is 0.279 e. The average Bonchev–Trinajstić information content (AvgIpc) is 2.89. The lowest BCUT2D eigenvalue weighted by atomic mass is 9.78. The molecule has 1 saturated heterocycles. The van der Waals surface area contributed by atoms with Gasteiger partial charge in [-0.3, -0.25) is 15.0 Å². The Labute approximate surface area is 133 Å². The van der Waals surface area contributed by atoms with Crippen LogP contribution in [0.3, 0.4) is 0 Å². The van der Waals surface area contributed by atoms with Crippen molar-refractivity contribution in [2.75, 3.05) is 13.1 Å². The largest absolute Gasteiger partial charge is 0.373 e. The Balaban J connectivity index is 1.87. The summed E-state index contributed by atoms with van der Waals surface area (Å²) < 4.78 is 1.98. The van der Waals surface area contributed by atoms with Crippen molar-refractivity contribution in [2.45, 2.75) is 38.0 Å². The highest BCUT2D eigenvalue weighted by Crippen LogP contribution is 2.51. The van der Waals surface area contributed by atoms with Gasteiger partial charge in [-0.05, 0) is 49.8 Å². The molecule has 0 aliphatic carbocycles. The first-order chi connectivity index (χ1) is 11.2. The molecule has 5 rings (SSSR count). The number of hydrogen-bond acceptors (Lipinski definition) is 4. The fraction of sp³-hybridized carbons (Fsp3) is 0.529. The molecule has 2 aromatic rings. The summed E-state index contributed by atoms with van der Waals surface area (Å²) in [5.41, 5.74) is 3.23. The number of aliphatic hydroxyl groups excluding tert-OH is 1. The lowest BCUT2D eigenvalue weighted by molar-refractivity contribution is -0.383. The van der Waals surface area contributed by atoms with Crippen molar-refractivity contribution in [3.05, 3.63) is 39.6 Å². The van der Waals surface area contributed by atoms with E-state index in [1.807, 2.05) is 10.6 Å². The molecule has 3 aliphatic heterocycles. The van der Waals surface area contributed by atoms with Gasteiger partial charge in [-0.1, -0.05) is 6.07 Å². The second-order valence-electron chi connectivity index (χ2n) is 7.01. The van der Waals surface area contributed by atoms with Gasteiger partial charge in [-0.15, -0.1) is 0 Å². The van der Waals surface area contributed by atoms with E-state index in [9.17, 15) is 15.2 Å². The molecular weight excluding hydrogens is 294 g/mol. The summed E-state index contributed by atoms with van der Waals surface area (Å²) in [6, 6.07) is 5.55. The summed E-state index contributed by atoms with van der Waals surface area (Å²) in [5.74, 6) is 0.466. The Morgan fingerprint density at radius 2 is 2.17 bits per heavy atom. The van der Waals surface area contributed by atoms with Gasteiger partial charge in [0.05, 0.1) is 21.9 Å². The maximum absolute atomic E-state index is 11.5. The molecule has 0 amide bonds. The van der Waals surface area contributed by atoms with Crippen LogP contribution in [0.2, 0.25) is 0 Å². The van der Waals surface area contributed by atoms with E-state index in [0.717, 1.165) is 54.5 Å². The molecule has 3 aliphatic rings. The molecule has 6 nitrogen and oxygen atoms in total. The molecule has 3 atom stereocenters. The van der Waals surface area contributed by atoms with Crippen molar-refractivity contribution in [2.24, 2.45) is 5.92 Å². The van der Waals surface area contributed by atoms with Gasteiger partial charge in [0.2, 0.25) is 0 Å². The molecule has 4 heterocycles. The fourth-order valence-electron chi connectivity index (χ4n) is 5.17. The Morgan fingerprint density at radius 1 is 1.30 bits per heavy atom. The van der Waals surface area contributed by atoms with Crippen LogP contribution in [-0.4, -0.2) is 32.6 Å². The van der Waals surface area contributed by atoms with Crippen LogP contribution in [0.5, 0.6) is 0 Å². The van der Waals surface area contributed by atoms with Crippen LogP contribution in [0.1, 0.15) is 42.8 Å². The molecule has 1 aromatic carbocycles. The maximum atomic E-state index is 11.5. The molecule has 0 spiro atoms. The minimum Gasteiger partial charge on any atom is -0.373 e. The van der Waals surface area contributed by atoms with E-state index in [1.165, 1.54) is 6.42 Å². The van der Waals surface area contributed by atoms with Crippen LogP contribution < -0.4 is 0 Å². The monoisotopic (exact) mass is 313 g/mol. The Bertz CT molecular complexity index is 828. The summed E-state index contributed by atoms with van der Waals surface area (Å²) >= 11 is 0. The smallest absolute Gasteiger partial charge is 0.279 e. The zero-order valence-corrected chi connectivity index (χ0v) is 12.8. The van der Waals surface area contributed by atoms with Crippen LogP contribution in [0.25, 0.3) is 10.9 Å². The highest BCUT2D eigenvalue weighted by atomic mass is 16.6. The van der Waals surface area contributed by atoms with Crippen molar-refractivity contribution in [1.29, 1.82) is 0 Å². The molecule has 1 N–H and O–H groups in total. The molecule has 0 bridgehead atoms. The van der Waals surface area contributed by atoms with Crippen LogP contribution >= 0.6 is 0 Å². The van der Waals surface area contributed by atoms with Crippen molar-refractivity contribution >= 4 is 16.6 Å². The first-order valence-electron chi connectivity index (χ1n) is 8.39. The highest BCUT2D eigenvalue weighted by molar-refractivity contribution is 5.94. The Hall–Kier alpha value is -1.92. The molecule has 0 radical (unpaired) electrons. The van der Waals surface area contributed by atoms with Gasteiger partial charge < -0.3 is 9.67 Å². The van der Waals surface area contributed by atoms with E-state index in [-0.39, 0.29) is 10.6 Å². The summed E-state index contributed by atoms with van der Waals surface area (Å²) in [4.78, 5) is 13.7. The summed E-state index contributed by atoms with van der Waals surface area (Å²) in [6.07, 6.45) is 3.34. The van der Waals surface area contributed by atoms with E-state index < -0.39 is 6.23 Å². The number of piperidine rings is 1. The fourth-order valence-corrected chi connectivity index (χ4v) is 5.17. The number of nitro groups is 1. The van der Waals surface area contributed by atoms with Gasteiger partial charge in [-0.2, -0.15) is 0 Å². The molecule has 6 heteroatoms. The zero-order valence-electron chi connectivity index (χ0n) is 12.8. The lowest BCUT2D eigenvalue weighted by Crippen LogP contribution is -2.47. The molecule has 1 fully saturated rings. The number of nitro benzene ring substituents is 1. The van der Waals surface area contributed by atoms with Crippen molar-refractivity contribution in [3.63, 3.8) is 0 Å². The third-order valence-corrected chi connectivity index (χ3v) is 5.95. The van der Waals surface area contributed by atoms with Crippen LogP contribution in [0, 0.1) is 16.0 Å². The number of nitrogens with zero attached hydrogens (tertiary/aromatic N) is 3. The number of aromatic nitrogens is 1.